The number of carboxylic acids is 1. The fraction of sp³-hybridized carbons (Fsp3) is 0.0909. The number of carboxylic acid groups (broad SMARTS) is 1. The molecule has 1 aliphatic rings. The Morgan fingerprint density at radius 3 is 2.81 bits per heavy atom. The minimum Gasteiger partial charge on any atom is -0.477 e. The quantitative estimate of drug-likeness (QED) is 0.907. The Hall–Kier alpha value is -1.49. The Bertz CT molecular complexity index is 523. The van der Waals surface area contributed by atoms with E-state index in [0.29, 0.717) is 22.2 Å². The molecule has 0 saturated carbocycles. The summed E-state index contributed by atoms with van der Waals surface area (Å²) < 4.78 is 14.2. The third-order valence-corrected chi connectivity index (χ3v) is 2.70. The van der Waals surface area contributed by atoms with Gasteiger partial charge in [-0.1, -0.05) is 15.9 Å². The molecule has 0 aromatic heterocycles. The summed E-state index contributed by atoms with van der Waals surface area (Å²) in [5.41, 5.74) is 0.760. The summed E-state index contributed by atoms with van der Waals surface area (Å²) in [5, 5.41) is 8.71. The summed E-state index contributed by atoms with van der Waals surface area (Å²) in [4.78, 5) is 14.5. The van der Waals surface area contributed by atoms with E-state index >= 15 is 0 Å². The molecule has 0 radical (unpaired) electrons. The molecule has 1 N–H and O–H groups in total. The van der Waals surface area contributed by atoms with Crippen molar-refractivity contribution >= 4 is 27.6 Å². The number of rotatable bonds is 2. The van der Waals surface area contributed by atoms with Gasteiger partial charge in [-0.2, -0.15) is 0 Å². The topological polar surface area (TPSA) is 49.7 Å². The fourth-order valence-corrected chi connectivity index (χ4v) is 1.79. The van der Waals surface area contributed by atoms with Gasteiger partial charge in [0.1, 0.15) is 11.5 Å². The van der Waals surface area contributed by atoms with Crippen LogP contribution in [0.1, 0.15) is 12.0 Å². The molecule has 1 heterocycles. The Morgan fingerprint density at radius 1 is 1.50 bits per heavy atom. The highest BCUT2D eigenvalue weighted by atomic mass is 79.9. The molecule has 0 saturated heterocycles. The molecule has 2 rings (SSSR count). The van der Waals surface area contributed by atoms with Crippen LogP contribution in [-0.2, 0) is 4.79 Å². The molecule has 0 spiro atoms. The average Bonchev–Trinajstić information content (AvgIpc) is 2.66. The number of nitrogens with zero attached hydrogens (tertiary/aromatic N) is 1. The summed E-state index contributed by atoms with van der Waals surface area (Å²) >= 11 is 3.15. The van der Waals surface area contributed by atoms with Crippen LogP contribution in [0.5, 0.6) is 0 Å². The molecular formula is C11H7BrFNO2. The molecule has 0 amide bonds. The molecule has 0 atom stereocenters. The zero-order valence-corrected chi connectivity index (χ0v) is 9.66. The first-order valence-corrected chi connectivity index (χ1v) is 5.33. The van der Waals surface area contributed by atoms with Crippen LogP contribution >= 0.6 is 15.9 Å². The van der Waals surface area contributed by atoms with Crippen molar-refractivity contribution in [3.05, 3.63) is 45.8 Å². The van der Waals surface area contributed by atoms with Crippen LogP contribution in [0.2, 0.25) is 0 Å². The van der Waals surface area contributed by atoms with Crippen LogP contribution in [0, 0.1) is 5.82 Å². The van der Waals surface area contributed by atoms with Crippen LogP contribution in [0.15, 0.2) is 39.4 Å². The van der Waals surface area contributed by atoms with Crippen molar-refractivity contribution in [2.45, 2.75) is 6.42 Å². The van der Waals surface area contributed by atoms with Crippen molar-refractivity contribution in [1.29, 1.82) is 0 Å². The molecule has 82 valence electrons. The van der Waals surface area contributed by atoms with Gasteiger partial charge in [-0.05, 0) is 24.3 Å². The Balaban J connectivity index is 2.35. The highest BCUT2D eigenvalue weighted by Gasteiger charge is 2.17. The molecule has 5 heteroatoms. The van der Waals surface area contributed by atoms with Gasteiger partial charge in [0, 0.05) is 16.5 Å². The Kier molecular flexibility index (Phi) is 2.87. The van der Waals surface area contributed by atoms with Crippen molar-refractivity contribution in [3.8, 4) is 0 Å². The number of aliphatic imine (C=N–C) groups is 1. The van der Waals surface area contributed by atoms with Gasteiger partial charge < -0.3 is 5.11 Å². The van der Waals surface area contributed by atoms with E-state index in [9.17, 15) is 9.18 Å². The van der Waals surface area contributed by atoms with Gasteiger partial charge in [0.25, 0.3) is 0 Å². The summed E-state index contributed by atoms with van der Waals surface area (Å²) in [5.74, 6) is -1.50. The van der Waals surface area contributed by atoms with Crippen molar-refractivity contribution in [3.63, 3.8) is 0 Å². The maximum atomic E-state index is 13.5. The number of aliphatic carboxylic acids is 1. The maximum absolute atomic E-state index is 13.5. The van der Waals surface area contributed by atoms with Gasteiger partial charge in [-0.25, -0.2) is 14.2 Å². The SMILES string of the molecule is O=C(O)C1=CCC(c2ccc(Br)cc2F)=N1. The fourth-order valence-electron chi connectivity index (χ4n) is 1.46. The molecule has 0 aliphatic carbocycles. The van der Waals surface area contributed by atoms with Crippen molar-refractivity contribution in [2.75, 3.05) is 0 Å². The lowest BCUT2D eigenvalue weighted by molar-refractivity contribution is -0.132. The van der Waals surface area contributed by atoms with Crippen molar-refractivity contribution in [2.24, 2.45) is 4.99 Å². The van der Waals surface area contributed by atoms with E-state index < -0.39 is 11.8 Å². The van der Waals surface area contributed by atoms with Gasteiger partial charge in [0.2, 0.25) is 0 Å². The molecule has 1 aliphatic heterocycles. The van der Waals surface area contributed by atoms with Gasteiger partial charge in [-0.15, -0.1) is 0 Å². The zero-order valence-electron chi connectivity index (χ0n) is 8.08. The first-order valence-electron chi connectivity index (χ1n) is 4.54. The highest BCUT2D eigenvalue weighted by molar-refractivity contribution is 9.10. The lowest BCUT2D eigenvalue weighted by Gasteiger charge is -2.02. The van der Waals surface area contributed by atoms with Crippen molar-refractivity contribution in [1.82, 2.24) is 0 Å². The molecule has 3 nitrogen and oxygen atoms in total. The first kappa shape index (κ1) is 11.0. The summed E-state index contributed by atoms with van der Waals surface area (Å²) in [7, 11) is 0. The Labute approximate surface area is 99.4 Å². The average molecular weight is 284 g/mol. The second-order valence-electron chi connectivity index (χ2n) is 3.28. The first-order chi connectivity index (χ1) is 7.58. The highest BCUT2D eigenvalue weighted by Crippen LogP contribution is 2.21. The van der Waals surface area contributed by atoms with E-state index in [1.807, 2.05) is 0 Å². The second kappa shape index (κ2) is 4.17. The lowest BCUT2D eigenvalue weighted by Crippen LogP contribution is -2.01. The summed E-state index contributed by atoms with van der Waals surface area (Å²) in [6.45, 7) is 0. The number of hydrogen-bond acceptors (Lipinski definition) is 2. The van der Waals surface area contributed by atoms with E-state index in [1.54, 1.807) is 12.1 Å². The zero-order chi connectivity index (χ0) is 11.7. The van der Waals surface area contributed by atoms with Gasteiger partial charge in [0.15, 0.2) is 0 Å². The van der Waals surface area contributed by atoms with E-state index in [4.69, 9.17) is 5.11 Å². The van der Waals surface area contributed by atoms with Crippen LogP contribution in [0.4, 0.5) is 4.39 Å². The van der Waals surface area contributed by atoms with Gasteiger partial charge in [-0.3, -0.25) is 0 Å². The van der Waals surface area contributed by atoms with E-state index in [2.05, 4.69) is 20.9 Å². The lowest BCUT2D eigenvalue weighted by atomic mass is 10.1. The number of hydrogen-bond donors (Lipinski definition) is 1. The maximum Gasteiger partial charge on any atom is 0.354 e. The Morgan fingerprint density at radius 2 is 2.25 bits per heavy atom. The minimum absolute atomic E-state index is 0.0303. The molecule has 16 heavy (non-hydrogen) atoms. The van der Waals surface area contributed by atoms with Gasteiger partial charge >= 0.3 is 5.97 Å². The van der Waals surface area contributed by atoms with Crippen molar-refractivity contribution < 1.29 is 14.3 Å². The second-order valence-corrected chi connectivity index (χ2v) is 4.20. The monoisotopic (exact) mass is 283 g/mol. The molecule has 0 unspecified atom stereocenters. The van der Waals surface area contributed by atoms with E-state index in [1.165, 1.54) is 12.1 Å². The van der Waals surface area contributed by atoms with Crippen LogP contribution in [0.25, 0.3) is 0 Å². The number of halogens is 2. The van der Waals surface area contributed by atoms with Crippen LogP contribution < -0.4 is 0 Å². The van der Waals surface area contributed by atoms with E-state index in [0.717, 1.165) is 0 Å². The number of benzene rings is 1. The third-order valence-electron chi connectivity index (χ3n) is 2.21. The molecular weight excluding hydrogens is 277 g/mol. The predicted molar refractivity (Wildman–Crippen MR) is 61.0 cm³/mol. The number of carbonyl (C=O) groups is 1. The molecule has 0 fully saturated rings. The van der Waals surface area contributed by atoms with Gasteiger partial charge in [0.05, 0.1) is 5.71 Å². The largest absolute Gasteiger partial charge is 0.477 e. The molecule has 1 aromatic rings. The normalized spacial score (nSPS) is 14.6. The van der Waals surface area contributed by atoms with Crippen LogP contribution in [-0.4, -0.2) is 16.8 Å². The van der Waals surface area contributed by atoms with Crippen LogP contribution in [0.3, 0.4) is 0 Å². The summed E-state index contributed by atoms with van der Waals surface area (Å²) in [6, 6.07) is 4.60. The smallest absolute Gasteiger partial charge is 0.354 e. The van der Waals surface area contributed by atoms with E-state index in [-0.39, 0.29) is 5.70 Å². The number of allylic oxidation sites excluding steroid dienone is 1. The predicted octanol–water partition coefficient (Wildman–Crippen LogP) is 2.75. The molecule has 1 aromatic carbocycles. The minimum atomic E-state index is -1.09. The molecule has 0 bridgehead atoms. The standard InChI is InChI=1S/C11H7BrFNO2/c12-6-1-2-7(8(13)5-6)9-3-4-10(14-9)11(15)16/h1-2,4-5H,3H2,(H,15,16). The third kappa shape index (κ3) is 2.04. The summed E-state index contributed by atoms with van der Waals surface area (Å²) in [6.07, 6.45) is 1.82.